The lowest BCUT2D eigenvalue weighted by molar-refractivity contribution is 1.55. The van der Waals surface area contributed by atoms with Crippen LogP contribution in [0, 0.1) is 23.7 Å². The molecule has 0 fully saturated rings. The van der Waals surface area contributed by atoms with Crippen LogP contribution < -0.4 is 20.9 Å². The fourth-order valence-electron chi connectivity index (χ4n) is 11.6. The summed E-state index contributed by atoms with van der Waals surface area (Å²) in [5.74, 6) is 14.8. The van der Waals surface area contributed by atoms with Crippen molar-refractivity contribution in [3.63, 3.8) is 0 Å². The van der Waals surface area contributed by atoms with E-state index in [1.54, 1.807) is 0 Å². The minimum Gasteiger partial charge on any atom is -0.121 e. The monoisotopic (exact) mass is 1740 g/mol. The molecular formula is C76H58S24. The molecule has 8 aromatic carbocycles. The average molecular weight is 1740 g/mol. The second-order valence-corrected chi connectivity index (χ2v) is 48.1. The van der Waals surface area contributed by atoms with Crippen molar-refractivity contribution >= 4 is 353 Å². The van der Waals surface area contributed by atoms with Gasteiger partial charge in [0.05, 0.1) is 76.3 Å². The third-order valence-electron chi connectivity index (χ3n) is 16.0. The van der Waals surface area contributed by atoms with E-state index in [2.05, 4.69) is 232 Å². The van der Waals surface area contributed by atoms with Crippen LogP contribution in [-0.2, 0) is 0 Å². The smallest absolute Gasteiger partial charge is 0.0657 e. The zero-order chi connectivity index (χ0) is 69.3. The molecule has 14 rings (SSSR count). The number of allylic oxidation sites excluding steroid dienone is 2. The molecule has 0 unspecified atom stereocenters. The van der Waals surface area contributed by atoms with Crippen molar-refractivity contribution in [2.24, 2.45) is 0 Å². The van der Waals surface area contributed by atoms with Crippen molar-refractivity contribution < 1.29 is 0 Å². The highest BCUT2D eigenvalue weighted by molar-refractivity contribution is 8.48. The molecule has 0 N–H and O–H groups in total. The van der Waals surface area contributed by atoms with Gasteiger partial charge in [-0.1, -0.05) is 250 Å². The molecule has 0 radical (unpaired) electrons. The van der Waals surface area contributed by atoms with E-state index in [1.165, 1.54) is 163 Å². The molecule has 0 aromatic heterocycles. The fourth-order valence-corrected chi connectivity index (χ4v) is 42.4. The summed E-state index contributed by atoms with van der Waals surface area (Å²) < 4.78 is 24.3. The summed E-state index contributed by atoms with van der Waals surface area (Å²) in [6, 6.07) is 50.3. The SMILES string of the molecule is CSC1=C(SC)SC(=C(C(=C2SC(SC)=C(SC)S2)c2ccc(C#Cc3ccc4c(=C5SC(SC)=C(SC)S5)c5ccccc5c(=C5SC(SC)=C(SC)S5)c4c3)cc2)c2ccc(C#Cc3ccc4c(=C5SC(SC)=C(SC)S5)c5ccccc5c(=C5SC(SC)=C(SC)S5)c4c3)cc2)S1. The summed E-state index contributed by atoms with van der Waals surface area (Å²) in [5, 5.41) is 15.5. The first kappa shape index (κ1) is 76.5. The van der Waals surface area contributed by atoms with Gasteiger partial charge >= 0.3 is 0 Å². The van der Waals surface area contributed by atoms with Gasteiger partial charge in [-0.05, 0) is 178 Å². The quantitative estimate of drug-likeness (QED) is 0.0706. The molecule has 8 aromatic rings. The molecule has 0 bridgehead atoms. The van der Waals surface area contributed by atoms with E-state index in [9.17, 15) is 0 Å². The Labute approximate surface area is 689 Å². The molecule has 24 heteroatoms. The number of fused-ring (bicyclic) bond motifs is 4. The van der Waals surface area contributed by atoms with Gasteiger partial charge in [0.15, 0.2) is 0 Å². The van der Waals surface area contributed by atoms with Crippen LogP contribution in [0.4, 0.5) is 0 Å². The van der Waals surface area contributed by atoms with Crippen LogP contribution in [0.5, 0.6) is 0 Å². The Morgan fingerprint density at radius 3 is 0.660 bits per heavy atom. The van der Waals surface area contributed by atoms with Crippen molar-refractivity contribution in [3.05, 3.63) is 247 Å². The van der Waals surface area contributed by atoms with Crippen LogP contribution in [0.15, 0.2) is 193 Å². The molecule has 0 nitrogen and oxygen atoms in total. The summed E-state index contributed by atoms with van der Waals surface area (Å²) >= 11 is 45.2. The van der Waals surface area contributed by atoms with Crippen molar-refractivity contribution in [1.29, 1.82) is 0 Å². The molecule has 6 aliphatic heterocycles. The lowest BCUT2D eigenvalue weighted by Gasteiger charge is -2.19. The minimum atomic E-state index is 0.976. The van der Waals surface area contributed by atoms with E-state index in [1.807, 2.05) is 282 Å². The third-order valence-corrected chi connectivity index (χ3v) is 47.4. The lowest BCUT2D eigenvalue weighted by atomic mass is 9.93. The van der Waals surface area contributed by atoms with Crippen LogP contribution >= 0.6 is 282 Å². The predicted molar refractivity (Wildman–Crippen MR) is 509 cm³/mol. The molecule has 0 saturated heterocycles. The van der Waals surface area contributed by atoms with Gasteiger partial charge in [-0.25, -0.2) is 0 Å². The second-order valence-electron chi connectivity index (χ2n) is 21.4. The van der Waals surface area contributed by atoms with Gasteiger partial charge in [-0.15, -0.1) is 141 Å². The highest BCUT2D eigenvalue weighted by Crippen LogP contribution is 2.65. The normalized spacial score (nSPS) is 16.7. The summed E-state index contributed by atoms with van der Waals surface area (Å²) in [4.78, 5) is 0. The number of benzene rings is 8. The van der Waals surface area contributed by atoms with E-state index in [-0.39, 0.29) is 0 Å². The number of rotatable bonds is 15. The maximum Gasteiger partial charge on any atom is 0.0657 e. The van der Waals surface area contributed by atoms with Crippen molar-refractivity contribution in [2.75, 3.05) is 75.1 Å². The first-order valence-corrected chi connectivity index (χ1v) is 54.8. The molecule has 0 atom stereocenters. The maximum atomic E-state index is 3.70. The average Bonchev–Trinajstić information content (AvgIpc) is 1.48. The summed E-state index contributed by atoms with van der Waals surface area (Å²) in [6.45, 7) is 0. The molecular weight excluding hydrogens is 1680 g/mol. The van der Waals surface area contributed by atoms with E-state index < -0.39 is 0 Å². The molecule has 0 spiro atoms. The Morgan fingerprint density at radius 1 is 0.220 bits per heavy atom. The Morgan fingerprint density at radius 2 is 0.420 bits per heavy atom. The molecule has 0 saturated carbocycles. The highest BCUT2D eigenvalue weighted by Gasteiger charge is 2.33. The Balaban J connectivity index is 0.858. The van der Waals surface area contributed by atoms with Gasteiger partial charge in [-0.2, -0.15) is 0 Å². The topological polar surface area (TPSA) is 0 Å². The van der Waals surface area contributed by atoms with Gasteiger partial charge in [0.2, 0.25) is 0 Å². The summed E-state index contributed by atoms with van der Waals surface area (Å²) in [7, 11) is 0. The molecule has 100 heavy (non-hydrogen) atoms. The Kier molecular flexibility index (Phi) is 26.9. The van der Waals surface area contributed by atoms with Crippen LogP contribution in [0.2, 0.25) is 0 Å². The van der Waals surface area contributed by atoms with E-state index in [0.717, 1.165) is 22.3 Å². The fraction of sp³-hybridized carbons (Fsp3) is 0.158. The van der Waals surface area contributed by atoms with E-state index >= 15 is 0 Å². The molecule has 6 aliphatic rings. The summed E-state index contributed by atoms with van der Waals surface area (Å²) in [6.07, 6.45) is 26.5. The lowest BCUT2D eigenvalue weighted by Crippen LogP contribution is -2.17. The van der Waals surface area contributed by atoms with Crippen LogP contribution in [0.25, 0.3) is 71.2 Å². The number of hydrogen-bond acceptors (Lipinski definition) is 24. The summed E-state index contributed by atoms with van der Waals surface area (Å²) in [5.41, 5.74) is 8.78. The highest BCUT2D eigenvalue weighted by atomic mass is 32.3. The Bertz CT molecular complexity index is 5010. The molecule has 6 heterocycles. The first-order valence-electron chi connectivity index (χ1n) is 30.3. The van der Waals surface area contributed by atoms with Crippen LogP contribution in [0.3, 0.4) is 0 Å². The van der Waals surface area contributed by atoms with Gasteiger partial charge in [0, 0.05) is 54.3 Å². The largest absolute Gasteiger partial charge is 0.121 e. The predicted octanol–water partition coefficient (Wildman–Crippen LogP) is 27.4. The van der Waals surface area contributed by atoms with Crippen LogP contribution in [-0.4, -0.2) is 75.1 Å². The maximum absolute atomic E-state index is 3.70. The van der Waals surface area contributed by atoms with Crippen molar-refractivity contribution in [2.45, 2.75) is 0 Å². The first-order chi connectivity index (χ1) is 49.0. The van der Waals surface area contributed by atoms with E-state index in [4.69, 9.17) is 0 Å². The molecule has 506 valence electrons. The molecule has 0 amide bonds. The van der Waals surface area contributed by atoms with Crippen molar-refractivity contribution in [3.8, 4) is 23.7 Å². The van der Waals surface area contributed by atoms with Gasteiger partial charge in [0.1, 0.15) is 0 Å². The minimum absolute atomic E-state index is 0.976. The second kappa shape index (κ2) is 35.2. The van der Waals surface area contributed by atoms with Gasteiger partial charge in [0.25, 0.3) is 0 Å². The van der Waals surface area contributed by atoms with Gasteiger partial charge < -0.3 is 0 Å². The number of hydrogen-bond donors (Lipinski definition) is 0. The van der Waals surface area contributed by atoms with Crippen molar-refractivity contribution in [1.82, 2.24) is 0 Å². The third kappa shape index (κ3) is 15.6. The standard InChI is InChI=1S/C76H58S24/c1-77-65-66(78-2)90-59(89-65)53(43-31-25-39(26-32-43)21-23-41-29-35-49-51(37-41)57(63-97-73(85-9)74(86-10)98-63)47-19-15-13-17-45(47)55(49)61-93-69(81-5)70(82-6)94-61)54(60-91-67(79-3)68(80-4)92-60)44-33-27-40(28-34-44)22-24-42-30-36-50-52(38-42)58(64-99-75(87-11)76(88-12)100-64)48-20-16-14-18-46(48)56(50)62-95-71(83-7)72(84-8)96-62/h13-20,25-38H,1-12H3. The Hall–Kier alpha value is -0.280. The number of thioether (sulfide) groups is 24. The van der Waals surface area contributed by atoms with Gasteiger partial charge in [-0.3, -0.25) is 0 Å². The van der Waals surface area contributed by atoms with E-state index in [0.29, 0.717) is 0 Å². The zero-order valence-electron chi connectivity index (χ0n) is 55.5. The zero-order valence-corrected chi connectivity index (χ0v) is 75.1. The van der Waals surface area contributed by atoms with Crippen LogP contribution in [0.1, 0.15) is 33.4 Å². The molecule has 0 aliphatic carbocycles.